The second-order valence-electron chi connectivity index (χ2n) is 9.70. The number of oxazole rings is 1. The first-order chi connectivity index (χ1) is 15.0. The quantitative estimate of drug-likeness (QED) is 0.605. The van der Waals surface area contributed by atoms with Gasteiger partial charge in [0.1, 0.15) is 11.1 Å². The summed E-state index contributed by atoms with van der Waals surface area (Å²) < 4.78 is 50.4. The monoisotopic (exact) mass is 453 g/mol. The zero-order chi connectivity index (χ0) is 23.1. The zero-order valence-electron chi connectivity index (χ0n) is 18.7. The molecule has 9 heteroatoms. The van der Waals surface area contributed by atoms with Crippen LogP contribution < -0.4 is 0 Å². The third kappa shape index (κ3) is 5.03. The number of hydrogen-bond acceptors (Lipinski definition) is 5. The summed E-state index contributed by atoms with van der Waals surface area (Å²) in [7, 11) is 0. The van der Waals surface area contributed by atoms with E-state index in [4.69, 9.17) is 9.15 Å². The van der Waals surface area contributed by atoms with Crippen molar-refractivity contribution >= 4 is 17.2 Å². The molecule has 0 radical (unpaired) electrons. The van der Waals surface area contributed by atoms with Crippen molar-refractivity contribution in [2.75, 3.05) is 13.1 Å². The lowest BCUT2D eigenvalue weighted by molar-refractivity contribution is -0.137. The Morgan fingerprint density at radius 3 is 2.59 bits per heavy atom. The Morgan fingerprint density at radius 2 is 1.88 bits per heavy atom. The Morgan fingerprint density at radius 1 is 1.12 bits per heavy atom. The highest BCUT2D eigenvalue weighted by atomic mass is 19.4. The minimum absolute atomic E-state index is 0.0476. The van der Waals surface area contributed by atoms with E-state index in [0.29, 0.717) is 24.6 Å². The summed E-state index contributed by atoms with van der Waals surface area (Å²) in [5.41, 5.74) is -0.735. The lowest BCUT2D eigenvalue weighted by Gasteiger charge is -2.41. The molecule has 2 unspecified atom stereocenters. The molecule has 2 aliphatic rings. The summed E-state index contributed by atoms with van der Waals surface area (Å²) in [6, 6.07) is 3.55. The molecule has 176 valence electrons. The highest BCUT2D eigenvalue weighted by Gasteiger charge is 2.40. The molecular formula is C23H30F3N3O3. The van der Waals surface area contributed by atoms with Gasteiger partial charge in [-0.2, -0.15) is 13.2 Å². The SMILES string of the molecule is CC(C)(C)OC(=O)N1CCCC1C1CCCCN1Cc1nc2cc(C(F)(F)F)ccc2o1. The fourth-order valence-corrected chi connectivity index (χ4v) is 4.78. The van der Waals surface area contributed by atoms with Crippen LogP contribution in [0.5, 0.6) is 0 Å². The number of rotatable bonds is 3. The summed E-state index contributed by atoms with van der Waals surface area (Å²) in [5, 5.41) is 0. The molecule has 2 aliphatic heterocycles. The topological polar surface area (TPSA) is 58.8 Å². The molecule has 2 aromatic rings. The molecule has 0 bridgehead atoms. The number of carbonyl (C=O) groups is 1. The number of ether oxygens (including phenoxy) is 1. The molecule has 2 fully saturated rings. The number of amides is 1. The molecule has 32 heavy (non-hydrogen) atoms. The van der Waals surface area contributed by atoms with Gasteiger partial charge in [0.2, 0.25) is 5.89 Å². The van der Waals surface area contributed by atoms with E-state index < -0.39 is 17.3 Å². The Balaban J connectivity index is 1.52. The summed E-state index contributed by atoms with van der Waals surface area (Å²) in [5.74, 6) is 0.396. The Bertz CT molecular complexity index is 967. The summed E-state index contributed by atoms with van der Waals surface area (Å²) in [6.07, 6.45) is 0.171. The van der Waals surface area contributed by atoms with Crippen molar-refractivity contribution in [1.82, 2.24) is 14.8 Å². The van der Waals surface area contributed by atoms with E-state index in [1.807, 2.05) is 25.7 Å². The molecule has 2 saturated heterocycles. The Hall–Kier alpha value is -2.29. The van der Waals surface area contributed by atoms with E-state index in [9.17, 15) is 18.0 Å². The molecule has 1 amide bonds. The van der Waals surface area contributed by atoms with E-state index >= 15 is 0 Å². The van der Waals surface area contributed by atoms with Crippen molar-refractivity contribution in [3.63, 3.8) is 0 Å². The summed E-state index contributed by atoms with van der Waals surface area (Å²) >= 11 is 0. The third-order valence-corrected chi connectivity index (χ3v) is 6.13. The first-order valence-corrected chi connectivity index (χ1v) is 11.2. The molecule has 1 aromatic carbocycles. The lowest BCUT2D eigenvalue weighted by Crippen LogP contribution is -2.53. The maximum absolute atomic E-state index is 13.0. The largest absolute Gasteiger partial charge is 0.444 e. The molecule has 3 heterocycles. The predicted octanol–water partition coefficient (Wildman–Crippen LogP) is 5.60. The highest BCUT2D eigenvalue weighted by Crippen LogP contribution is 2.33. The minimum Gasteiger partial charge on any atom is -0.444 e. The van der Waals surface area contributed by atoms with Crippen molar-refractivity contribution in [1.29, 1.82) is 0 Å². The second-order valence-corrected chi connectivity index (χ2v) is 9.70. The maximum atomic E-state index is 13.0. The van der Waals surface area contributed by atoms with Crippen LogP contribution in [0.25, 0.3) is 11.1 Å². The number of alkyl halides is 3. The highest BCUT2D eigenvalue weighted by molar-refractivity contribution is 5.73. The van der Waals surface area contributed by atoms with Gasteiger partial charge >= 0.3 is 12.3 Å². The van der Waals surface area contributed by atoms with Crippen molar-refractivity contribution < 1.29 is 27.1 Å². The zero-order valence-corrected chi connectivity index (χ0v) is 18.7. The van der Waals surface area contributed by atoms with Gasteiger partial charge in [-0.3, -0.25) is 4.90 Å². The van der Waals surface area contributed by atoms with Crippen LogP contribution >= 0.6 is 0 Å². The van der Waals surface area contributed by atoms with Crippen LogP contribution in [0.4, 0.5) is 18.0 Å². The van der Waals surface area contributed by atoms with Crippen LogP contribution in [0.1, 0.15) is 64.3 Å². The van der Waals surface area contributed by atoms with Gasteiger partial charge in [-0.25, -0.2) is 9.78 Å². The number of fused-ring (bicyclic) bond motifs is 1. The second kappa shape index (κ2) is 8.57. The van der Waals surface area contributed by atoms with Gasteiger partial charge < -0.3 is 14.1 Å². The molecule has 0 saturated carbocycles. The van der Waals surface area contributed by atoms with Crippen molar-refractivity contribution in [2.45, 2.75) is 83.3 Å². The summed E-state index contributed by atoms with van der Waals surface area (Å²) in [6.45, 7) is 7.49. The average molecular weight is 454 g/mol. The lowest BCUT2D eigenvalue weighted by atomic mass is 9.94. The van der Waals surface area contributed by atoms with E-state index in [1.165, 1.54) is 6.07 Å². The number of likely N-dealkylation sites (tertiary alicyclic amines) is 2. The number of hydrogen-bond donors (Lipinski definition) is 0. The van der Waals surface area contributed by atoms with Crippen LogP contribution in [0.15, 0.2) is 22.6 Å². The fourth-order valence-electron chi connectivity index (χ4n) is 4.78. The normalized spacial score (nSPS) is 23.1. The molecule has 2 atom stereocenters. The van der Waals surface area contributed by atoms with E-state index in [1.54, 1.807) is 0 Å². The maximum Gasteiger partial charge on any atom is 0.416 e. The number of halogens is 3. The van der Waals surface area contributed by atoms with Gasteiger partial charge in [-0.1, -0.05) is 6.42 Å². The van der Waals surface area contributed by atoms with Crippen LogP contribution in [0.2, 0.25) is 0 Å². The summed E-state index contributed by atoms with van der Waals surface area (Å²) in [4.78, 5) is 21.2. The fraction of sp³-hybridized carbons (Fsp3) is 0.652. The van der Waals surface area contributed by atoms with E-state index in [0.717, 1.165) is 50.8 Å². The van der Waals surface area contributed by atoms with Gasteiger partial charge in [0.05, 0.1) is 18.2 Å². The Kier molecular flexibility index (Phi) is 6.13. The van der Waals surface area contributed by atoms with E-state index in [2.05, 4.69) is 9.88 Å². The van der Waals surface area contributed by atoms with Crippen LogP contribution in [0.3, 0.4) is 0 Å². The van der Waals surface area contributed by atoms with E-state index in [-0.39, 0.29) is 23.7 Å². The number of carbonyl (C=O) groups excluding carboxylic acids is 1. The standard InChI is InChI=1S/C23H30F3N3O3/c1-22(2,3)32-21(30)29-12-6-8-18(29)17-7-4-5-11-28(17)14-20-27-16-13-15(23(24,25)26)9-10-19(16)31-20/h9-10,13,17-18H,4-8,11-12,14H2,1-3H3. The minimum atomic E-state index is -4.42. The molecule has 6 nitrogen and oxygen atoms in total. The van der Waals surface area contributed by atoms with Crippen molar-refractivity contribution in [2.24, 2.45) is 0 Å². The number of benzene rings is 1. The van der Waals surface area contributed by atoms with Gasteiger partial charge in [-0.15, -0.1) is 0 Å². The van der Waals surface area contributed by atoms with Gasteiger partial charge in [0.15, 0.2) is 5.58 Å². The molecule has 1 aromatic heterocycles. The molecule has 0 N–H and O–H groups in total. The smallest absolute Gasteiger partial charge is 0.416 e. The number of aromatic nitrogens is 1. The van der Waals surface area contributed by atoms with Crippen molar-refractivity contribution in [3.8, 4) is 0 Å². The Labute approximate surface area is 185 Å². The van der Waals surface area contributed by atoms with Gasteiger partial charge in [0, 0.05) is 12.6 Å². The molecule has 4 rings (SSSR count). The first-order valence-electron chi connectivity index (χ1n) is 11.2. The molecule has 0 spiro atoms. The predicted molar refractivity (Wildman–Crippen MR) is 113 cm³/mol. The first kappa shape index (κ1) is 22.9. The molecule has 0 aliphatic carbocycles. The van der Waals surface area contributed by atoms with Gasteiger partial charge in [0.25, 0.3) is 0 Å². The average Bonchev–Trinajstić information content (AvgIpc) is 3.32. The van der Waals surface area contributed by atoms with Crippen LogP contribution in [0, 0.1) is 0 Å². The molecular weight excluding hydrogens is 423 g/mol. The number of piperidine rings is 1. The van der Waals surface area contributed by atoms with Crippen molar-refractivity contribution in [3.05, 3.63) is 29.7 Å². The van der Waals surface area contributed by atoms with Crippen LogP contribution in [-0.2, 0) is 17.5 Å². The number of nitrogens with zero attached hydrogens (tertiary/aromatic N) is 3. The van der Waals surface area contributed by atoms with Gasteiger partial charge in [-0.05, 0) is 71.2 Å². The third-order valence-electron chi connectivity index (χ3n) is 6.13. The van der Waals surface area contributed by atoms with Crippen LogP contribution in [-0.4, -0.2) is 51.7 Å².